The number of hydrogen-bond acceptors (Lipinski definition) is 3. The number of para-hydroxylation sites is 1. The van der Waals surface area contributed by atoms with Crippen molar-refractivity contribution in [3.63, 3.8) is 0 Å². The molecule has 1 aromatic heterocycles. The zero-order valence-corrected chi connectivity index (χ0v) is 11.4. The fraction of sp³-hybridized carbons (Fsp3) is 0.118. The van der Waals surface area contributed by atoms with Gasteiger partial charge in [-0.15, -0.1) is 0 Å². The van der Waals surface area contributed by atoms with Crippen LogP contribution in [-0.2, 0) is 0 Å². The fourth-order valence-corrected chi connectivity index (χ4v) is 2.21. The van der Waals surface area contributed by atoms with Gasteiger partial charge in [0.15, 0.2) is 17.1 Å². The van der Waals surface area contributed by atoms with E-state index in [0.717, 1.165) is 16.8 Å². The summed E-state index contributed by atoms with van der Waals surface area (Å²) in [4.78, 5) is 11.4. The number of fused-ring (bicyclic) bond motifs is 1. The SMILES string of the molecule is CC(=O)c1cc2cccc(Nc3cccc(C)c3)c2o1. The second kappa shape index (κ2) is 4.85. The number of rotatable bonds is 3. The Morgan fingerprint density at radius 2 is 1.90 bits per heavy atom. The maximum atomic E-state index is 11.4. The lowest BCUT2D eigenvalue weighted by atomic mass is 10.2. The van der Waals surface area contributed by atoms with Crippen molar-refractivity contribution in [1.29, 1.82) is 0 Å². The molecule has 0 atom stereocenters. The van der Waals surface area contributed by atoms with Crippen LogP contribution >= 0.6 is 0 Å². The molecule has 0 saturated carbocycles. The Labute approximate surface area is 117 Å². The molecule has 0 unspecified atom stereocenters. The van der Waals surface area contributed by atoms with Gasteiger partial charge >= 0.3 is 0 Å². The van der Waals surface area contributed by atoms with Gasteiger partial charge in [-0.25, -0.2) is 0 Å². The molecule has 3 heteroatoms. The van der Waals surface area contributed by atoms with Gasteiger partial charge in [0.1, 0.15) is 0 Å². The van der Waals surface area contributed by atoms with Crippen molar-refractivity contribution < 1.29 is 9.21 Å². The molecule has 3 rings (SSSR count). The van der Waals surface area contributed by atoms with Crippen molar-refractivity contribution >= 4 is 28.1 Å². The van der Waals surface area contributed by atoms with Crippen LogP contribution in [0, 0.1) is 6.92 Å². The van der Waals surface area contributed by atoms with E-state index in [-0.39, 0.29) is 5.78 Å². The molecular formula is C17H15NO2. The van der Waals surface area contributed by atoms with E-state index in [2.05, 4.69) is 11.4 Å². The normalized spacial score (nSPS) is 10.7. The molecule has 1 heterocycles. The molecule has 3 nitrogen and oxygen atoms in total. The van der Waals surface area contributed by atoms with Crippen molar-refractivity contribution in [2.24, 2.45) is 0 Å². The molecule has 0 aliphatic rings. The highest BCUT2D eigenvalue weighted by Crippen LogP contribution is 2.29. The second-order valence-corrected chi connectivity index (χ2v) is 4.89. The predicted molar refractivity (Wildman–Crippen MR) is 80.7 cm³/mol. The molecule has 2 aromatic carbocycles. The number of carbonyl (C=O) groups excluding carboxylic acids is 1. The summed E-state index contributed by atoms with van der Waals surface area (Å²) in [6.45, 7) is 3.55. The van der Waals surface area contributed by atoms with Crippen molar-refractivity contribution in [1.82, 2.24) is 0 Å². The summed E-state index contributed by atoms with van der Waals surface area (Å²) in [5, 5.41) is 4.26. The highest BCUT2D eigenvalue weighted by molar-refractivity contribution is 5.99. The number of nitrogens with one attached hydrogen (secondary N) is 1. The maximum Gasteiger partial charge on any atom is 0.194 e. The monoisotopic (exact) mass is 265 g/mol. The Balaban J connectivity index is 2.05. The quantitative estimate of drug-likeness (QED) is 0.699. The lowest BCUT2D eigenvalue weighted by Crippen LogP contribution is -1.90. The summed E-state index contributed by atoms with van der Waals surface area (Å²) >= 11 is 0. The van der Waals surface area contributed by atoms with E-state index in [9.17, 15) is 4.79 Å². The zero-order chi connectivity index (χ0) is 14.1. The van der Waals surface area contributed by atoms with Gasteiger partial charge in [-0.2, -0.15) is 0 Å². The number of aryl methyl sites for hydroxylation is 1. The number of furan rings is 1. The first-order valence-corrected chi connectivity index (χ1v) is 6.51. The first-order chi connectivity index (χ1) is 9.63. The van der Waals surface area contributed by atoms with Crippen LogP contribution in [0.25, 0.3) is 11.0 Å². The van der Waals surface area contributed by atoms with E-state index >= 15 is 0 Å². The van der Waals surface area contributed by atoms with Gasteiger partial charge in [0.25, 0.3) is 0 Å². The highest BCUT2D eigenvalue weighted by atomic mass is 16.3. The molecule has 0 aliphatic carbocycles. The molecule has 3 aromatic rings. The van der Waals surface area contributed by atoms with Crippen LogP contribution in [0.2, 0.25) is 0 Å². The van der Waals surface area contributed by atoms with Gasteiger partial charge in [0.2, 0.25) is 0 Å². The summed E-state index contributed by atoms with van der Waals surface area (Å²) in [6, 6.07) is 15.7. The number of ketones is 1. The molecule has 20 heavy (non-hydrogen) atoms. The number of carbonyl (C=O) groups is 1. The van der Waals surface area contributed by atoms with Gasteiger partial charge in [-0.1, -0.05) is 24.3 Å². The Hall–Kier alpha value is -2.55. The molecule has 0 saturated heterocycles. The van der Waals surface area contributed by atoms with E-state index in [0.29, 0.717) is 11.3 Å². The summed E-state index contributed by atoms with van der Waals surface area (Å²) in [7, 11) is 0. The van der Waals surface area contributed by atoms with Gasteiger partial charge in [0.05, 0.1) is 5.69 Å². The first kappa shape index (κ1) is 12.5. The zero-order valence-electron chi connectivity index (χ0n) is 11.4. The molecule has 0 fully saturated rings. The molecule has 100 valence electrons. The summed E-state index contributed by atoms with van der Waals surface area (Å²) in [5.74, 6) is 0.321. The lowest BCUT2D eigenvalue weighted by Gasteiger charge is -2.07. The third-order valence-corrected chi connectivity index (χ3v) is 3.19. The van der Waals surface area contributed by atoms with Gasteiger partial charge in [-0.05, 0) is 36.8 Å². The molecule has 0 bridgehead atoms. The minimum atomic E-state index is -0.0669. The topological polar surface area (TPSA) is 42.2 Å². The standard InChI is InChI=1S/C17H15NO2/c1-11-5-3-7-14(9-11)18-15-8-4-6-13-10-16(12(2)19)20-17(13)15/h3-10,18H,1-2H3. The van der Waals surface area contributed by atoms with Crippen molar-refractivity contribution in [2.45, 2.75) is 13.8 Å². The van der Waals surface area contributed by atoms with E-state index < -0.39 is 0 Å². The van der Waals surface area contributed by atoms with Crippen LogP contribution in [-0.4, -0.2) is 5.78 Å². The number of benzene rings is 2. The van der Waals surface area contributed by atoms with Crippen molar-refractivity contribution in [2.75, 3.05) is 5.32 Å². The summed E-state index contributed by atoms with van der Waals surface area (Å²) < 4.78 is 5.65. The van der Waals surface area contributed by atoms with E-state index in [1.807, 2.05) is 43.3 Å². The van der Waals surface area contributed by atoms with E-state index in [1.54, 1.807) is 6.07 Å². The van der Waals surface area contributed by atoms with Gasteiger partial charge in [-0.3, -0.25) is 4.79 Å². The van der Waals surface area contributed by atoms with Crippen LogP contribution in [0.5, 0.6) is 0 Å². The van der Waals surface area contributed by atoms with Crippen LogP contribution in [0.1, 0.15) is 23.0 Å². The number of hydrogen-bond donors (Lipinski definition) is 1. The van der Waals surface area contributed by atoms with E-state index in [4.69, 9.17) is 4.42 Å². The molecule has 0 aliphatic heterocycles. The van der Waals surface area contributed by atoms with Crippen LogP contribution < -0.4 is 5.32 Å². The second-order valence-electron chi connectivity index (χ2n) is 4.89. The summed E-state index contributed by atoms with van der Waals surface area (Å²) in [5.41, 5.74) is 3.75. The Morgan fingerprint density at radius 3 is 2.65 bits per heavy atom. The minimum absolute atomic E-state index is 0.0669. The average Bonchev–Trinajstić information content (AvgIpc) is 2.84. The van der Waals surface area contributed by atoms with Crippen LogP contribution in [0.4, 0.5) is 11.4 Å². The molecule has 1 N–H and O–H groups in total. The smallest absolute Gasteiger partial charge is 0.194 e. The van der Waals surface area contributed by atoms with Crippen molar-refractivity contribution in [3.05, 3.63) is 59.9 Å². The average molecular weight is 265 g/mol. The van der Waals surface area contributed by atoms with Gasteiger partial charge < -0.3 is 9.73 Å². The van der Waals surface area contributed by atoms with Crippen LogP contribution in [0.15, 0.2) is 52.9 Å². The van der Waals surface area contributed by atoms with Crippen LogP contribution in [0.3, 0.4) is 0 Å². The molecule has 0 radical (unpaired) electrons. The Kier molecular flexibility index (Phi) is 3.03. The molecule has 0 amide bonds. The summed E-state index contributed by atoms with van der Waals surface area (Å²) in [6.07, 6.45) is 0. The Morgan fingerprint density at radius 1 is 1.10 bits per heavy atom. The van der Waals surface area contributed by atoms with E-state index in [1.165, 1.54) is 12.5 Å². The molecular weight excluding hydrogens is 250 g/mol. The number of anilines is 2. The molecule has 0 spiro atoms. The first-order valence-electron chi connectivity index (χ1n) is 6.51. The maximum absolute atomic E-state index is 11.4. The third-order valence-electron chi connectivity index (χ3n) is 3.19. The van der Waals surface area contributed by atoms with Gasteiger partial charge in [0, 0.05) is 18.0 Å². The Bertz CT molecular complexity index is 787. The lowest BCUT2D eigenvalue weighted by molar-refractivity contribution is 0.0989. The van der Waals surface area contributed by atoms with Crippen molar-refractivity contribution in [3.8, 4) is 0 Å². The largest absolute Gasteiger partial charge is 0.451 e. The number of Topliss-reactive ketones (excluding diaryl/α,β-unsaturated/α-hetero) is 1. The fourth-order valence-electron chi connectivity index (χ4n) is 2.21. The highest BCUT2D eigenvalue weighted by Gasteiger charge is 2.11. The predicted octanol–water partition coefficient (Wildman–Crippen LogP) is 4.69. The minimum Gasteiger partial charge on any atom is -0.451 e. The third kappa shape index (κ3) is 2.30.